The van der Waals surface area contributed by atoms with E-state index in [2.05, 4.69) is 5.10 Å². The van der Waals surface area contributed by atoms with Crippen LogP contribution in [0.15, 0.2) is 30.3 Å². The number of aryl methyl sites for hydroxylation is 2. The monoisotopic (exact) mass is 480 g/mol. The van der Waals surface area contributed by atoms with Gasteiger partial charge in [0.2, 0.25) is 11.8 Å². The van der Waals surface area contributed by atoms with Crippen LogP contribution in [0, 0.1) is 6.92 Å². The summed E-state index contributed by atoms with van der Waals surface area (Å²) in [5.41, 5.74) is 2.76. The number of benzene rings is 1. The van der Waals surface area contributed by atoms with Gasteiger partial charge in [-0.15, -0.1) is 0 Å². The average molecular weight is 481 g/mol. The van der Waals surface area contributed by atoms with E-state index in [0.717, 1.165) is 17.5 Å². The Bertz CT molecular complexity index is 1120. The molecule has 0 spiro atoms. The van der Waals surface area contributed by atoms with Gasteiger partial charge < -0.3 is 19.6 Å². The largest absolute Gasteiger partial charge is 0.339 e. The molecule has 2 aromatic rings. The average Bonchev–Trinajstić information content (AvgIpc) is 3.22. The molecule has 0 aliphatic carbocycles. The Kier molecular flexibility index (Phi) is 7.18. The van der Waals surface area contributed by atoms with Crippen LogP contribution in [-0.4, -0.2) is 99.3 Å². The molecule has 0 radical (unpaired) electrons. The maximum absolute atomic E-state index is 13.2. The van der Waals surface area contributed by atoms with Crippen LogP contribution in [0.3, 0.4) is 0 Å². The lowest BCUT2D eigenvalue weighted by atomic mass is 10.1. The number of nitrogens with zero attached hydrogens (tertiary/aromatic N) is 6. The molecule has 0 unspecified atom stereocenters. The van der Waals surface area contributed by atoms with E-state index in [1.165, 1.54) is 17.9 Å². The van der Waals surface area contributed by atoms with Gasteiger partial charge in [-0.05, 0) is 18.9 Å². The topological polar surface area (TPSA) is 99.1 Å². The van der Waals surface area contributed by atoms with E-state index in [9.17, 15) is 19.2 Å². The summed E-state index contributed by atoms with van der Waals surface area (Å²) in [5, 5.41) is 4.39. The van der Waals surface area contributed by atoms with Crippen molar-refractivity contribution in [3.8, 4) is 0 Å². The van der Waals surface area contributed by atoms with Crippen molar-refractivity contribution >= 4 is 23.6 Å². The van der Waals surface area contributed by atoms with Crippen molar-refractivity contribution < 1.29 is 19.2 Å². The maximum Gasteiger partial charge on any atom is 0.274 e. The van der Waals surface area contributed by atoms with Gasteiger partial charge in [-0.3, -0.25) is 23.9 Å². The lowest BCUT2D eigenvalue weighted by Crippen LogP contribution is -2.52. The van der Waals surface area contributed by atoms with Crippen molar-refractivity contribution in [3.63, 3.8) is 0 Å². The Morgan fingerprint density at radius 2 is 1.63 bits per heavy atom. The molecule has 0 atom stereocenters. The predicted molar refractivity (Wildman–Crippen MR) is 129 cm³/mol. The van der Waals surface area contributed by atoms with E-state index in [4.69, 9.17) is 0 Å². The summed E-state index contributed by atoms with van der Waals surface area (Å²) in [6.07, 6.45) is 0.737. The number of fused-ring (bicyclic) bond motifs is 1. The van der Waals surface area contributed by atoms with E-state index >= 15 is 0 Å². The van der Waals surface area contributed by atoms with Crippen molar-refractivity contribution in [1.82, 2.24) is 29.4 Å². The van der Waals surface area contributed by atoms with Crippen molar-refractivity contribution in [3.05, 3.63) is 52.8 Å². The molecule has 0 N–H and O–H groups in total. The fraction of sp³-hybridized carbons (Fsp3) is 0.480. The highest BCUT2D eigenvalue weighted by molar-refractivity contribution is 5.99. The quantitative estimate of drug-likeness (QED) is 0.636. The summed E-state index contributed by atoms with van der Waals surface area (Å²) in [6, 6.07) is 9.63. The lowest BCUT2D eigenvalue weighted by Gasteiger charge is -2.34. The summed E-state index contributed by atoms with van der Waals surface area (Å²) >= 11 is 0. The molecule has 1 saturated heterocycles. The Hall–Kier alpha value is -3.69. The van der Waals surface area contributed by atoms with Crippen LogP contribution in [-0.2, 0) is 22.7 Å². The maximum atomic E-state index is 13.2. The van der Waals surface area contributed by atoms with Gasteiger partial charge >= 0.3 is 0 Å². The Morgan fingerprint density at radius 3 is 2.29 bits per heavy atom. The van der Waals surface area contributed by atoms with Crippen molar-refractivity contribution in [2.24, 2.45) is 0 Å². The molecule has 10 nitrogen and oxygen atoms in total. The number of likely N-dealkylation sites (N-methyl/N-ethyl adjacent to an activating group) is 1. The number of aromatic nitrogens is 2. The summed E-state index contributed by atoms with van der Waals surface area (Å²) in [6.45, 7) is 7.00. The molecule has 10 heteroatoms. The van der Waals surface area contributed by atoms with Crippen LogP contribution in [0.25, 0.3) is 0 Å². The molecule has 2 aliphatic heterocycles. The molecule has 1 aromatic carbocycles. The first kappa shape index (κ1) is 24.4. The van der Waals surface area contributed by atoms with Crippen LogP contribution in [0.5, 0.6) is 0 Å². The third-order valence-corrected chi connectivity index (χ3v) is 6.59. The van der Waals surface area contributed by atoms with E-state index in [-0.39, 0.29) is 30.0 Å². The number of rotatable bonds is 5. The minimum atomic E-state index is -0.404. The number of carbonyl (C=O) groups is 4. The molecule has 2 aliphatic rings. The van der Waals surface area contributed by atoms with Crippen LogP contribution >= 0.6 is 0 Å². The molecular formula is C25H32N6O4. The van der Waals surface area contributed by atoms with E-state index in [1.54, 1.807) is 26.4 Å². The van der Waals surface area contributed by atoms with Gasteiger partial charge in [-0.1, -0.05) is 29.8 Å². The van der Waals surface area contributed by atoms with Crippen molar-refractivity contribution in [2.75, 3.05) is 46.3 Å². The summed E-state index contributed by atoms with van der Waals surface area (Å²) < 4.78 is 1.60. The van der Waals surface area contributed by atoms with E-state index in [0.29, 0.717) is 51.5 Å². The molecule has 1 fully saturated rings. The van der Waals surface area contributed by atoms with Crippen LogP contribution in [0.4, 0.5) is 0 Å². The fourth-order valence-corrected chi connectivity index (χ4v) is 4.44. The van der Waals surface area contributed by atoms with Crippen LogP contribution in [0.2, 0.25) is 0 Å². The Labute approximate surface area is 205 Å². The van der Waals surface area contributed by atoms with Crippen LogP contribution in [0.1, 0.15) is 45.4 Å². The molecular weight excluding hydrogens is 448 g/mol. The van der Waals surface area contributed by atoms with Gasteiger partial charge in [0.1, 0.15) is 5.69 Å². The number of hydrogen-bond acceptors (Lipinski definition) is 5. The number of carbonyl (C=O) groups excluding carboxylic acids is 4. The molecule has 4 amide bonds. The molecule has 35 heavy (non-hydrogen) atoms. The molecule has 1 aromatic heterocycles. The molecule has 0 saturated carbocycles. The molecule has 4 rings (SSSR count). The second-order valence-corrected chi connectivity index (χ2v) is 9.25. The fourth-order valence-electron chi connectivity index (χ4n) is 4.44. The number of hydrogen-bond donors (Lipinski definition) is 0. The van der Waals surface area contributed by atoms with Gasteiger partial charge in [-0.2, -0.15) is 5.10 Å². The summed E-state index contributed by atoms with van der Waals surface area (Å²) in [5.74, 6) is -0.739. The minimum Gasteiger partial charge on any atom is -0.339 e. The Morgan fingerprint density at radius 1 is 0.971 bits per heavy atom. The van der Waals surface area contributed by atoms with Crippen LogP contribution < -0.4 is 0 Å². The zero-order valence-electron chi connectivity index (χ0n) is 20.6. The van der Waals surface area contributed by atoms with E-state index in [1.807, 2.05) is 31.2 Å². The first-order valence-electron chi connectivity index (χ1n) is 11.9. The first-order valence-corrected chi connectivity index (χ1v) is 11.9. The first-order chi connectivity index (χ1) is 16.7. The number of piperazine rings is 1. The minimum absolute atomic E-state index is 0.00378. The smallest absolute Gasteiger partial charge is 0.274 e. The van der Waals surface area contributed by atoms with Gasteiger partial charge in [0.25, 0.3) is 11.8 Å². The normalized spacial score (nSPS) is 16.1. The third-order valence-electron chi connectivity index (χ3n) is 6.59. The van der Waals surface area contributed by atoms with Gasteiger partial charge in [-0.25, -0.2) is 0 Å². The van der Waals surface area contributed by atoms with Crippen molar-refractivity contribution in [1.29, 1.82) is 0 Å². The zero-order chi connectivity index (χ0) is 25.1. The number of amides is 4. The Balaban J connectivity index is 1.39. The molecule has 186 valence electrons. The second kappa shape index (κ2) is 10.3. The molecule has 3 heterocycles. The third kappa shape index (κ3) is 5.52. The zero-order valence-corrected chi connectivity index (χ0v) is 20.6. The van der Waals surface area contributed by atoms with Gasteiger partial charge in [0, 0.05) is 65.9 Å². The van der Waals surface area contributed by atoms with Gasteiger partial charge in [0.15, 0.2) is 5.69 Å². The lowest BCUT2D eigenvalue weighted by molar-refractivity contribution is -0.138. The summed E-state index contributed by atoms with van der Waals surface area (Å²) in [4.78, 5) is 56.9. The molecule has 0 bridgehead atoms. The second-order valence-electron chi connectivity index (χ2n) is 9.25. The predicted octanol–water partition coefficient (Wildman–Crippen LogP) is 1.00. The highest BCUT2D eigenvalue weighted by Crippen LogP contribution is 2.18. The standard InChI is InChI=1S/C25H32N6O4/c1-18-5-7-20(8-6-18)16-30-9-4-10-31-22(25(30)35)15-21(26-31)24(34)27(3)17-23(33)29-13-11-28(12-14-29)19(2)32/h5-8,15H,4,9-14,16-17H2,1-3H3. The van der Waals surface area contributed by atoms with E-state index < -0.39 is 5.91 Å². The summed E-state index contributed by atoms with van der Waals surface area (Å²) in [7, 11) is 1.56. The van der Waals surface area contributed by atoms with Gasteiger partial charge in [0.05, 0.1) is 6.54 Å². The highest BCUT2D eigenvalue weighted by atomic mass is 16.2. The highest BCUT2D eigenvalue weighted by Gasteiger charge is 2.29. The van der Waals surface area contributed by atoms with Crippen molar-refractivity contribution in [2.45, 2.75) is 33.4 Å². The SMILES string of the molecule is CC(=O)N1CCN(C(=O)CN(C)C(=O)c2cc3n(n2)CCCN(Cc2ccc(C)cc2)C3=O)CC1.